The standard InChI is InChI=1S/C13H28O/c1-6-8-10-13(5,12(4)14)11(3)9-7-2/h11-12,14H,6-10H2,1-5H3/t11?,12-,13-/m1/s1. The first-order valence-corrected chi connectivity index (χ1v) is 6.17. The first-order valence-electron chi connectivity index (χ1n) is 6.17. The zero-order valence-corrected chi connectivity index (χ0v) is 10.6. The molecule has 0 saturated carbocycles. The molecule has 86 valence electrons. The summed E-state index contributed by atoms with van der Waals surface area (Å²) < 4.78 is 0. The molecule has 0 aromatic heterocycles. The number of aliphatic hydroxyl groups is 1. The Bertz CT molecular complexity index is 142. The maximum absolute atomic E-state index is 9.90. The van der Waals surface area contributed by atoms with Crippen molar-refractivity contribution in [2.24, 2.45) is 11.3 Å². The van der Waals surface area contributed by atoms with Crippen molar-refractivity contribution >= 4 is 0 Å². The van der Waals surface area contributed by atoms with Crippen LogP contribution in [0.25, 0.3) is 0 Å². The van der Waals surface area contributed by atoms with Crippen LogP contribution < -0.4 is 0 Å². The van der Waals surface area contributed by atoms with Gasteiger partial charge in [0.05, 0.1) is 6.10 Å². The Morgan fingerprint density at radius 2 is 1.71 bits per heavy atom. The minimum Gasteiger partial charge on any atom is -0.393 e. The normalized spacial score (nSPS) is 20.1. The van der Waals surface area contributed by atoms with E-state index in [0.717, 1.165) is 6.42 Å². The SMILES string of the molecule is CCCC[C@](C)(C(C)CCC)[C@@H](C)O. The predicted octanol–water partition coefficient (Wildman–Crippen LogP) is 4.00. The summed E-state index contributed by atoms with van der Waals surface area (Å²) in [5.74, 6) is 0.624. The number of hydrogen-bond donors (Lipinski definition) is 1. The van der Waals surface area contributed by atoms with E-state index < -0.39 is 0 Å². The van der Waals surface area contributed by atoms with E-state index >= 15 is 0 Å². The van der Waals surface area contributed by atoms with E-state index in [0.29, 0.717) is 5.92 Å². The van der Waals surface area contributed by atoms with Crippen LogP contribution in [-0.2, 0) is 0 Å². The summed E-state index contributed by atoms with van der Waals surface area (Å²) >= 11 is 0. The van der Waals surface area contributed by atoms with E-state index in [2.05, 4.69) is 27.7 Å². The highest BCUT2D eigenvalue weighted by molar-refractivity contribution is 4.84. The minimum absolute atomic E-state index is 0.117. The summed E-state index contributed by atoms with van der Waals surface area (Å²) in [6, 6.07) is 0. The molecule has 0 rings (SSSR count). The average Bonchev–Trinajstić information content (AvgIpc) is 2.14. The van der Waals surface area contributed by atoms with Crippen molar-refractivity contribution < 1.29 is 5.11 Å². The lowest BCUT2D eigenvalue weighted by atomic mass is 9.69. The molecular weight excluding hydrogens is 172 g/mol. The molecule has 0 fully saturated rings. The van der Waals surface area contributed by atoms with Crippen molar-refractivity contribution in [1.82, 2.24) is 0 Å². The Kier molecular flexibility index (Phi) is 6.43. The van der Waals surface area contributed by atoms with Crippen molar-refractivity contribution in [3.8, 4) is 0 Å². The van der Waals surface area contributed by atoms with Crippen molar-refractivity contribution in [3.05, 3.63) is 0 Å². The zero-order valence-electron chi connectivity index (χ0n) is 10.6. The Labute approximate surface area is 89.9 Å². The second kappa shape index (κ2) is 6.44. The van der Waals surface area contributed by atoms with Crippen molar-refractivity contribution in [2.75, 3.05) is 0 Å². The van der Waals surface area contributed by atoms with Gasteiger partial charge in [0.15, 0.2) is 0 Å². The molecule has 1 N–H and O–H groups in total. The van der Waals surface area contributed by atoms with E-state index in [9.17, 15) is 5.11 Å². The van der Waals surface area contributed by atoms with Crippen LogP contribution in [0, 0.1) is 11.3 Å². The van der Waals surface area contributed by atoms with Crippen LogP contribution in [-0.4, -0.2) is 11.2 Å². The number of hydrogen-bond acceptors (Lipinski definition) is 1. The topological polar surface area (TPSA) is 20.2 Å². The molecule has 0 aromatic carbocycles. The largest absolute Gasteiger partial charge is 0.393 e. The van der Waals surface area contributed by atoms with E-state index in [1.54, 1.807) is 0 Å². The average molecular weight is 200 g/mol. The van der Waals surface area contributed by atoms with Crippen LogP contribution in [0.4, 0.5) is 0 Å². The van der Waals surface area contributed by atoms with Gasteiger partial charge in [-0.1, -0.05) is 53.4 Å². The van der Waals surface area contributed by atoms with Crippen molar-refractivity contribution in [3.63, 3.8) is 0 Å². The highest BCUT2D eigenvalue weighted by Crippen LogP contribution is 2.38. The lowest BCUT2D eigenvalue weighted by molar-refractivity contribution is -0.000768. The third kappa shape index (κ3) is 3.61. The van der Waals surface area contributed by atoms with Gasteiger partial charge in [-0.25, -0.2) is 0 Å². The maximum atomic E-state index is 9.90. The predicted molar refractivity (Wildman–Crippen MR) is 63.4 cm³/mol. The summed E-state index contributed by atoms with van der Waals surface area (Å²) in [5.41, 5.74) is 0.117. The van der Waals surface area contributed by atoms with E-state index in [1.807, 2.05) is 6.92 Å². The van der Waals surface area contributed by atoms with E-state index in [4.69, 9.17) is 0 Å². The monoisotopic (exact) mass is 200 g/mol. The Morgan fingerprint density at radius 1 is 1.14 bits per heavy atom. The molecule has 14 heavy (non-hydrogen) atoms. The third-order valence-electron chi connectivity index (χ3n) is 3.87. The second-order valence-electron chi connectivity index (χ2n) is 4.98. The van der Waals surface area contributed by atoms with Crippen molar-refractivity contribution in [2.45, 2.75) is 72.8 Å². The lowest BCUT2D eigenvalue weighted by Crippen LogP contribution is -2.36. The summed E-state index contributed by atoms with van der Waals surface area (Å²) in [6.45, 7) is 10.9. The highest BCUT2D eigenvalue weighted by Gasteiger charge is 2.34. The molecule has 0 saturated heterocycles. The van der Waals surface area contributed by atoms with Gasteiger partial charge < -0.3 is 5.11 Å². The van der Waals surface area contributed by atoms with Gasteiger partial charge in [-0.3, -0.25) is 0 Å². The Balaban J connectivity index is 4.36. The Morgan fingerprint density at radius 3 is 2.07 bits per heavy atom. The Hall–Kier alpha value is -0.0400. The molecule has 1 unspecified atom stereocenters. The number of rotatable bonds is 7. The first kappa shape index (κ1) is 14.0. The van der Waals surface area contributed by atoms with Crippen LogP contribution in [0.5, 0.6) is 0 Å². The van der Waals surface area contributed by atoms with Gasteiger partial charge in [0.1, 0.15) is 0 Å². The fourth-order valence-corrected chi connectivity index (χ4v) is 2.19. The molecule has 0 aliphatic rings. The molecular formula is C13H28O. The van der Waals surface area contributed by atoms with Crippen LogP contribution in [0.2, 0.25) is 0 Å². The molecule has 0 bridgehead atoms. The number of aliphatic hydroxyl groups excluding tert-OH is 1. The van der Waals surface area contributed by atoms with Gasteiger partial charge in [-0.05, 0) is 24.7 Å². The van der Waals surface area contributed by atoms with Crippen LogP contribution in [0.3, 0.4) is 0 Å². The second-order valence-corrected chi connectivity index (χ2v) is 4.98. The van der Waals surface area contributed by atoms with Gasteiger partial charge in [0.25, 0.3) is 0 Å². The molecule has 0 spiro atoms. The molecule has 0 heterocycles. The minimum atomic E-state index is -0.185. The van der Waals surface area contributed by atoms with E-state index in [1.165, 1.54) is 25.7 Å². The fraction of sp³-hybridized carbons (Fsp3) is 1.00. The van der Waals surface area contributed by atoms with Crippen LogP contribution in [0.1, 0.15) is 66.7 Å². The van der Waals surface area contributed by atoms with Crippen LogP contribution in [0.15, 0.2) is 0 Å². The molecule has 1 heteroatoms. The molecule has 0 aromatic rings. The van der Waals surface area contributed by atoms with Crippen LogP contribution >= 0.6 is 0 Å². The quantitative estimate of drug-likeness (QED) is 0.658. The molecule has 0 radical (unpaired) electrons. The van der Waals surface area contributed by atoms with Gasteiger partial charge in [0.2, 0.25) is 0 Å². The molecule has 1 nitrogen and oxygen atoms in total. The van der Waals surface area contributed by atoms with Gasteiger partial charge in [0, 0.05) is 0 Å². The summed E-state index contributed by atoms with van der Waals surface area (Å²) in [7, 11) is 0. The van der Waals surface area contributed by atoms with Crippen molar-refractivity contribution in [1.29, 1.82) is 0 Å². The summed E-state index contributed by atoms with van der Waals surface area (Å²) in [6.07, 6.45) is 5.87. The zero-order chi connectivity index (χ0) is 11.2. The molecule has 3 atom stereocenters. The van der Waals surface area contributed by atoms with Gasteiger partial charge in [-0.15, -0.1) is 0 Å². The summed E-state index contributed by atoms with van der Waals surface area (Å²) in [5, 5.41) is 9.90. The molecule has 0 aliphatic heterocycles. The third-order valence-corrected chi connectivity index (χ3v) is 3.87. The lowest BCUT2D eigenvalue weighted by Gasteiger charge is -2.38. The van der Waals surface area contributed by atoms with Gasteiger partial charge >= 0.3 is 0 Å². The number of unbranched alkanes of at least 4 members (excludes halogenated alkanes) is 1. The fourth-order valence-electron chi connectivity index (χ4n) is 2.19. The molecule has 0 amide bonds. The first-order chi connectivity index (χ1) is 6.49. The van der Waals surface area contributed by atoms with E-state index in [-0.39, 0.29) is 11.5 Å². The molecule has 0 aliphatic carbocycles. The highest BCUT2D eigenvalue weighted by atomic mass is 16.3. The smallest absolute Gasteiger partial charge is 0.0568 e. The summed E-state index contributed by atoms with van der Waals surface area (Å²) in [4.78, 5) is 0. The maximum Gasteiger partial charge on any atom is 0.0568 e. The van der Waals surface area contributed by atoms with Gasteiger partial charge in [-0.2, -0.15) is 0 Å².